The number of hydrogen-bond acceptors (Lipinski definition) is 5. The molecule has 0 fully saturated rings. The zero-order chi connectivity index (χ0) is 30.5. The highest BCUT2D eigenvalue weighted by Gasteiger charge is 2.37. The average molecular weight is 565 g/mol. The molecule has 222 valence electrons. The summed E-state index contributed by atoms with van der Waals surface area (Å²) in [7, 11) is 0. The molecule has 0 saturated carbocycles. The van der Waals surface area contributed by atoms with Gasteiger partial charge in [-0.1, -0.05) is 43.5 Å². The van der Waals surface area contributed by atoms with E-state index in [1.54, 1.807) is 37.8 Å². The topological polar surface area (TPSA) is 108 Å². The zero-order valence-corrected chi connectivity index (χ0v) is 25.6. The third-order valence-electron chi connectivity index (χ3n) is 7.02. The predicted octanol–water partition coefficient (Wildman–Crippen LogP) is 6.05. The van der Waals surface area contributed by atoms with Crippen molar-refractivity contribution in [1.29, 1.82) is 0 Å². The highest BCUT2D eigenvalue weighted by Crippen LogP contribution is 2.35. The first-order chi connectivity index (χ1) is 19.2. The number of hydrazine groups is 1. The molecule has 0 saturated heterocycles. The Kier molecular flexibility index (Phi) is 10.2. The van der Waals surface area contributed by atoms with Crippen LogP contribution in [0.25, 0.3) is 0 Å². The third-order valence-corrected chi connectivity index (χ3v) is 7.02. The maximum Gasteiger partial charge on any atom is 0.427 e. The van der Waals surface area contributed by atoms with Crippen LogP contribution in [0.5, 0.6) is 0 Å². The van der Waals surface area contributed by atoms with Gasteiger partial charge in [0.2, 0.25) is 11.8 Å². The van der Waals surface area contributed by atoms with Crippen molar-refractivity contribution in [3.63, 3.8) is 0 Å². The first-order valence-electron chi connectivity index (χ1n) is 14.3. The monoisotopic (exact) mass is 564 g/mol. The zero-order valence-electron chi connectivity index (χ0n) is 25.6. The molecule has 0 aromatic heterocycles. The van der Waals surface area contributed by atoms with Crippen molar-refractivity contribution in [1.82, 2.24) is 10.3 Å². The van der Waals surface area contributed by atoms with E-state index in [1.807, 2.05) is 39.0 Å². The summed E-state index contributed by atoms with van der Waals surface area (Å²) in [5, 5.41) is 4.19. The number of nitrogens with one attached hydrogen (secondary N) is 2. The van der Waals surface area contributed by atoms with Crippen LogP contribution in [0.1, 0.15) is 94.2 Å². The molecule has 9 heteroatoms. The lowest BCUT2D eigenvalue weighted by atomic mass is 9.90. The van der Waals surface area contributed by atoms with E-state index < -0.39 is 23.6 Å². The van der Waals surface area contributed by atoms with Crippen LogP contribution in [-0.2, 0) is 25.5 Å². The number of rotatable bonds is 7. The first-order valence-corrected chi connectivity index (χ1v) is 14.3. The summed E-state index contributed by atoms with van der Waals surface area (Å²) in [4.78, 5) is 54.3. The average Bonchev–Trinajstić information content (AvgIpc) is 2.87. The summed E-state index contributed by atoms with van der Waals surface area (Å²) in [6, 6.07) is 8.40. The summed E-state index contributed by atoms with van der Waals surface area (Å²) in [5.41, 5.74) is 7.34. The second-order valence-corrected chi connectivity index (χ2v) is 11.8. The van der Waals surface area contributed by atoms with Gasteiger partial charge in [-0.15, -0.1) is 0 Å². The molecule has 1 heterocycles. The Bertz CT molecular complexity index is 1290. The lowest BCUT2D eigenvalue weighted by molar-refractivity contribution is -0.139. The van der Waals surface area contributed by atoms with E-state index >= 15 is 0 Å². The molecular formula is C32H44N4O5. The van der Waals surface area contributed by atoms with E-state index in [9.17, 15) is 19.2 Å². The van der Waals surface area contributed by atoms with Crippen LogP contribution in [0.15, 0.2) is 30.3 Å². The van der Waals surface area contributed by atoms with Crippen LogP contribution >= 0.6 is 0 Å². The number of carbonyl (C=O) groups excluding carboxylic acids is 4. The van der Waals surface area contributed by atoms with Gasteiger partial charge in [-0.05, 0) is 88.8 Å². The second-order valence-electron chi connectivity index (χ2n) is 11.8. The van der Waals surface area contributed by atoms with E-state index in [2.05, 4.69) is 17.7 Å². The van der Waals surface area contributed by atoms with Crippen LogP contribution in [0, 0.1) is 20.8 Å². The van der Waals surface area contributed by atoms with Gasteiger partial charge in [0, 0.05) is 25.6 Å². The molecule has 0 radical (unpaired) electrons. The minimum Gasteiger partial charge on any atom is -0.443 e. The molecule has 4 amide bonds. The Morgan fingerprint density at radius 1 is 1.02 bits per heavy atom. The summed E-state index contributed by atoms with van der Waals surface area (Å²) in [6.45, 7) is 14.9. The maximum absolute atomic E-state index is 14.0. The number of benzene rings is 2. The van der Waals surface area contributed by atoms with Gasteiger partial charge in [0.1, 0.15) is 11.6 Å². The Hall–Kier alpha value is -3.88. The van der Waals surface area contributed by atoms with Crippen molar-refractivity contribution >= 4 is 35.2 Å². The lowest BCUT2D eigenvalue weighted by Crippen LogP contribution is -2.48. The van der Waals surface area contributed by atoms with E-state index in [0.717, 1.165) is 52.2 Å². The third kappa shape index (κ3) is 8.08. The van der Waals surface area contributed by atoms with Gasteiger partial charge in [-0.2, -0.15) is 0 Å². The van der Waals surface area contributed by atoms with E-state index in [0.29, 0.717) is 30.6 Å². The number of anilines is 2. The van der Waals surface area contributed by atoms with E-state index in [1.165, 1.54) is 6.92 Å². The van der Waals surface area contributed by atoms with Crippen LogP contribution in [0.3, 0.4) is 0 Å². The Labute approximate surface area is 243 Å². The fourth-order valence-corrected chi connectivity index (χ4v) is 5.25. The standard InChI is InChI=1S/C32H44N4O5/c1-9-10-11-12-27(38)35-16-15-24-13-14-25(36(23(5)37)34-31(40)41-32(6,7)8)19-26(24)29(35)30(39)33-28-21(3)17-20(2)18-22(28)4/h13-14,17-19,29H,9-12,15-16H2,1-8H3,(H,33,39)(H,34,40). The number of fused-ring (bicyclic) bond motifs is 1. The SMILES string of the molecule is CCCCCC(=O)N1CCc2ccc(N(NC(=O)OC(C)(C)C)C(C)=O)cc2C1C(=O)Nc1c(C)cc(C)cc1C. The van der Waals surface area contributed by atoms with E-state index in [-0.39, 0.29) is 11.8 Å². The summed E-state index contributed by atoms with van der Waals surface area (Å²) in [6.07, 6.45) is 2.82. The molecule has 0 spiro atoms. The summed E-state index contributed by atoms with van der Waals surface area (Å²) >= 11 is 0. The molecule has 3 rings (SSSR count). The van der Waals surface area contributed by atoms with Crippen molar-refractivity contribution in [2.24, 2.45) is 0 Å². The van der Waals surface area contributed by atoms with Gasteiger partial charge in [0.25, 0.3) is 5.91 Å². The van der Waals surface area contributed by atoms with Crippen molar-refractivity contribution in [2.75, 3.05) is 16.9 Å². The molecule has 41 heavy (non-hydrogen) atoms. The highest BCUT2D eigenvalue weighted by atomic mass is 16.6. The van der Waals surface area contributed by atoms with Gasteiger partial charge in [-0.3, -0.25) is 14.4 Å². The van der Waals surface area contributed by atoms with Crippen molar-refractivity contribution < 1.29 is 23.9 Å². The van der Waals surface area contributed by atoms with Crippen molar-refractivity contribution in [2.45, 2.75) is 99.1 Å². The molecule has 0 aliphatic carbocycles. The van der Waals surface area contributed by atoms with E-state index in [4.69, 9.17) is 4.74 Å². The number of hydrogen-bond donors (Lipinski definition) is 2. The van der Waals surface area contributed by atoms with Crippen LogP contribution < -0.4 is 15.8 Å². The normalized spacial score (nSPS) is 14.6. The largest absolute Gasteiger partial charge is 0.443 e. The molecule has 1 aliphatic heterocycles. The number of nitrogens with zero attached hydrogens (tertiary/aromatic N) is 2. The number of ether oxygens (including phenoxy) is 1. The number of amides is 4. The van der Waals surface area contributed by atoms with Crippen LogP contribution in [0.4, 0.5) is 16.2 Å². The van der Waals surface area contributed by atoms with Gasteiger partial charge in [0.15, 0.2) is 0 Å². The van der Waals surface area contributed by atoms with Crippen LogP contribution in [0.2, 0.25) is 0 Å². The maximum atomic E-state index is 14.0. The minimum atomic E-state index is -0.900. The predicted molar refractivity (Wildman–Crippen MR) is 161 cm³/mol. The van der Waals surface area contributed by atoms with Gasteiger partial charge < -0.3 is 15.0 Å². The Morgan fingerprint density at radius 3 is 2.27 bits per heavy atom. The first kappa shape index (κ1) is 31.6. The number of unbranched alkanes of at least 4 members (excludes halogenated alkanes) is 2. The quantitative estimate of drug-likeness (QED) is 0.314. The molecule has 0 bridgehead atoms. The van der Waals surface area contributed by atoms with Gasteiger partial charge in [0.05, 0.1) is 5.69 Å². The molecule has 1 aliphatic rings. The smallest absolute Gasteiger partial charge is 0.427 e. The molecule has 1 unspecified atom stereocenters. The molecule has 1 atom stereocenters. The molecule has 2 N–H and O–H groups in total. The fraction of sp³-hybridized carbons (Fsp3) is 0.500. The highest BCUT2D eigenvalue weighted by molar-refractivity contribution is 6.00. The molecule has 2 aromatic carbocycles. The fourth-order valence-electron chi connectivity index (χ4n) is 5.25. The van der Waals surface area contributed by atoms with Gasteiger partial charge >= 0.3 is 6.09 Å². The second kappa shape index (κ2) is 13.2. The van der Waals surface area contributed by atoms with Crippen molar-refractivity contribution in [3.8, 4) is 0 Å². The van der Waals surface area contributed by atoms with Crippen LogP contribution in [-0.4, -0.2) is 40.9 Å². The summed E-state index contributed by atoms with van der Waals surface area (Å²) < 4.78 is 5.34. The summed E-state index contributed by atoms with van der Waals surface area (Å²) in [5.74, 6) is -0.843. The van der Waals surface area contributed by atoms with Gasteiger partial charge in [-0.25, -0.2) is 15.2 Å². The number of carbonyl (C=O) groups is 4. The van der Waals surface area contributed by atoms with Crippen molar-refractivity contribution in [3.05, 3.63) is 58.1 Å². The Balaban J connectivity index is 2.04. The molecule has 2 aromatic rings. The Morgan fingerprint density at radius 2 is 1.68 bits per heavy atom. The molecule has 9 nitrogen and oxygen atoms in total. The minimum absolute atomic E-state index is 0.0812. The lowest BCUT2D eigenvalue weighted by Gasteiger charge is -2.37. The molecular weight excluding hydrogens is 520 g/mol. The number of aryl methyl sites for hydroxylation is 3.